The molecule has 2 N–H and O–H groups in total. The molecule has 1 aromatic rings. The number of amides is 1. The second-order valence-corrected chi connectivity index (χ2v) is 5.47. The predicted octanol–water partition coefficient (Wildman–Crippen LogP) is 2.46. The van der Waals surface area contributed by atoms with Crippen LogP contribution in [0, 0.1) is 0 Å². The lowest BCUT2D eigenvalue weighted by molar-refractivity contribution is -0.131. The highest BCUT2D eigenvalue weighted by Gasteiger charge is 2.29. The maximum Gasteiger partial charge on any atom is 0.222 e. The minimum absolute atomic E-state index is 0.00176. The Hall–Kier alpha value is -0.870. The molecule has 0 saturated carbocycles. The molecule has 2 unspecified atom stereocenters. The molecular weight excluding hydrogens is 280 g/mol. The van der Waals surface area contributed by atoms with Crippen molar-refractivity contribution in [3.05, 3.63) is 34.3 Å². The van der Waals surface area contributed by atoms with E-state index in [2.05, 4.69) is 15.9 Å². The van der Waals surface area contributed by atoms with Crippen LogP contribution < -0.4 is 5.73 Å². The minimum atomic E-state index is -0.00176. The zero-order valence-electron chi connectivity index (χ0n) is 9.90. The first-order valence-corrected chi connectivity index (χ1v) is 6.65. The third-order valence-corrected chi connectivity index (χ3v) is 3.88. The van der Waals surface area contributed by atoms with Gasteiger partial charge in [0.1, 0.15) is 0 Å². The lowest BCUT2D eigenvalue weighted by atomic mass is 9.97. The summed E-state index contributed by atoms with van der Waals surface area (Å²) in [6.07, 6.45) is 2.39. The third kappa shape index (κ3) is 2.69. The molecule has 17 heavy (non-hydrogen) atoms. The van der Waals surface area contributed by atoms with Crippen molar-refractivity contribution in [2.24, 2.45) is 5.73 Å². The van der Waals surface area contributed by atoms with E-state index in [0.717, 1.165) is 22.9 Å². The number of nitrogens with two attached hydrogens (primary N) is 1. The van der Waals surface area contributed by atoms with E-state index in [9.17, 15) is 4.79 Å². The molecule has 0 aliphatic carbocycles. The van der Waals surface area contributed by atoms with Crippen LogP contribution in [-0.2, 0) is 4.79 Å². The summed E-state index contributed by atoms with van der Waals surface area (Å²) in [7, 11) is 1.85. The topological polar surface area (TPSA) is 46.3 Å². The van der Waals surface area contributed by atoms with Gasteiger partial charge in [-0.2, -0.15) is 0 Å². The van der Waals surface area contributed by atoms with Crippen LogP contribution in [0.3, 0.4) is 0 Å². The molecular formula is C13H17BrN2O. The Bertz CT molecular complexity index is 404. The van der Waals surface area contributed by atoms with E-state index in [0.29, 0.717) is 6.42 Å². The summed E-state index contributed by atoms with van der Waals surface area (Å²) in [6, 6.07) is 8.06. The molecule has 0 aromatic heterocycles. The van der Waals surface area contributed by atoms with E-state index in [-0.39, 0.29) is 18.0 Å². The fourth-order valence-corrected chi connectivity index (χ4v) is 2.66. The number of halogens is 1. The largest absolute Gasteiger partial charge is 0.337 e. The standard InChI is InChI=1S/C13H17BrN2O/c1-16-12(17)4-2-3-11(15)13(16)9-5-7-10(14)8-6-9/h5-8,11,13H,2-4,15H2,1H3. The van der Waals surface area contributed by atoms with Gasteiger partial charge in [-0.15, -0.1) is 0 Å². The number of nitrogens with zero attached hydrogens (tertiary/aromatic N) is 1. The second-order valence-electron chi connectivity index (χ2n) is 4.56. The maximum atomic E-state index is 11.9. The van der Waals surface area contributed by atoms with E-state index >= 15 is 0 Å². The van der Waals surface area contributed by atoms with Crippen molar-refractivity contribution in [1.29, 1.82) is 0 Å². The number of benzene rings is 1. The summed E-state index contributed by atoms with van der Waals surface area (Å²) in [4.78, 5) is 13.7. The molecule has 1 aliphatic rings. The molecule has 1 amide bonds. The maximum absolute atomic E-state index is 11.9. The van der Waals surface area contributed by atoms with Gasteiger partial charge in [0.15, 0.2) is 0 Å². The summed E-state index contributed by atoms with van der Waals surface area (Å²) >= 11 is 3.42. The molecule has 2 atom stereocenters. The number of likely N-dealkylation sites (tertiary alicyclic amines) is 1. The van der Waals surface area contributed by atoms with Gasteiger partial charge in [-0.05, 0) is 30.5 Å². The van der Waals surface area contributed by atoms with Gasteiger partial charge in [0.05, 0.1) is 6.04 Å². The van der Waals surface area contributed by atoms with Gasteiger partial charge >= 0.3 is 0 Å². The lowest BCUT2D eigenvalue weighted by Crippen LogP contribution is -2.39. The molecule has 4 heteroatoms. The molecule has 0 radical (unpaired) electrons. The molecule has 92 valence electrons. The molecule has 3 nitrogen and oxygen atoms in total. The van der Waals surface area contributed by atoms with Gasteiger partial charge in [-0.3, -0.25) is 4.79 Å². The van der Waals surface area contributed by atoms with Crippen LogP contribution in [0.5, 0.6) is 0 Å². The van der Waals surface area contributed by atoms with Crippen molar-refractivity contribution in [2.45, 2.75) is 31.3 Å². The van der Waals surface area contributed by atoms with Crippen molar-refractivity contribution in [1.82, 2.24) is 4.90 Å². The molecule has 1 saturated heterocycles. The second kappa shape index (κ2) is 5.19. The highest BCUT2D eigenvalue weighted by molar-refractivity contribution is 9.10. The number of hydrogen-bond donors (Lipinski definition) is 1. The molecule has 1 heterocycles. The monoisotopic (exact) mass is 296 g/mol. The van der Waals surface area contributed by atoms with Crippen LogP contribution in [-0.4, -0.2) is 23.9 Å². The van der Waals surface area contributed by atoms with Crippen molar-refractivity contribution in [3.63, 3.8) is 0 Å². The molecule has 1 aromatic carbocycles. The van der Waals surface area contributed by atoms with E-state index in [1.165, 1.54) is 0 Å². The number of carbonyl (C=O) groups excluding carboxylic acids is 1. The first kappa shape index (κ1) is 12.6. The molecule has 0 bridgehead atoms. The normalized spacial score (nSPS) is 25.8. The number of likely N-dealkylation sites (N-methyl/N-ethyl adjacent to an activating group) is 1. The van der Waals surface area contributed by atoms with Gasteiger partial charge in [0.2, 0.25) is 5.91 Å². The lowest BCUT2D eigenvalue weighted by Gasteiger charge is -2.30. The van der Waals surface area contributed by atoms with Crippen molar-refractivity contribution >= 4 is 21.8 Å². The van der Waals surface area contributed by atoms with Crippen LogP contribution in [0.25, 0.3) is 0 Å². The average molecular weight is 297 g/mol. The zero-order chi connectivity index (χ0) is 12.4. The summed E-state index contributed by atoms with van der Waals surface area (Å²) < 4.78 is 1.04. The van der Waals surface area contributed by atoms with Crippen LogP contribution in [0.2, 0.25) is 0 Å². The Morgan fingerprint density at radius 3 is 2.65 bits per heavy atom. The average Bonchev–Trinajstić information content (AvgIpc) is 2.42. The Morgan fingerprint density at radius 2 is 2.00 bits per heavy atom. The fourth-order valence-electron chi connectivity index (χ4n) is 2.40. The van der Waals surface area contributed by atoms with E-state index in [1.54, 1.807) is 4.90 Å². The summed E-state index contributed by atoms with van der Waals surface area (Å²) in [5.41, 5.74) is 7.31. The highest BCUT2D eigenvalue weighted by atomic mass is 79.9. The first-order chi connectivity index (χ1) is 8.09. The van der Waals surface area contributed by atoms with E-state index in [4.69, 9.17) is 5.73 Å². The summed E-state index contributed by atoms with van der Waals surface area (Å²) in [5, 5.41) is 0. The van der Waals surface area contributed by atoms with E-state index in [1.807, 2.05) is 31.3 Å². The van der Waals surface area contributed by atoms with E-state index < -0.39 is 0 Å². The number of carbonyl (C=O) groups is 1. The van der Waals surface area contributed by atoms with Crippen molar-refractivity contribution < 1.29 is 4.79 Å². The van der Waals surface area contributed by atoms with Gasteiger partial charge in [-0.1, -0.05) is 28.1 Å². The zero-order valence-corrected chi connectivity index (χ0v) is 11.5. The van der Waals surface area contributed by atoms with Gasteiger partial charge in [0.25, 0.3) is 0 Å². The molecule has 2 rings (SSSR count). The van der Waals surface area contributed by atoms with Crippen LogP contribution >= 0.6 is 15.9 Å². The summed E-state index contributed by atoms with van der Waals surface area (Å²) in [6.45, 7) is 0. The quantitative estimate of drug-likeness (QED) is 0.865. The Balaban J connectivity index is 2.32. The number of rotatable bonds is 1. The smallest absolute Gasteiger partial charge is 0.222 e. The Morgan fingerprint density at radius 1 is 1.35 bits per heavy atom. The number of hydrogen-bond acceptors (Lipinski definition) is 2. The van der Waals surface area contributed by atoms with Crippen LogP contribution in [0.4, 0.5) is 0 Å². The van der Waals surface area contributed by atoms with Gasteiger partial charge < -0.3 is 10.6 Å². The molecule has 1 aliphatic heterocycles. The fraction of sp³-hybridized carbons (Fsp3) is 0.462. The van der Waals surface area contributed by atoms with Crippen molar-refractivity contribution in [2.75, 3.05) is 7.05 Å². The third-order valence-electron chi connectivity index (χ3n) is 3.36. The Labute approximate surface area is 110 Å². The minimum Gasteiger partial charge on any atom is -0.337 e. The first-order valence-electron chi connectivity index (χ1n) is 5.86. The molecule has 0 spiro atoms. The van der Waals surface area contributed by atoms with Gasteiger partial charge in [-0.25, -0.2) is 0 Å². The predicted molar refractivity (Wildman–Crippen MR) is 71.5 cm³/mol. The SMILES string of the molecule is CN1C(=O)CCCC(N)C1c1ccc(Br)cc1. The summed E-state index contributed by atoms with van der Waals surface area (Å²) in [5.74, 6) is 0.186. The van der Waals surface area contributed by atoms with Crippen LogP contribution in [0.15, 0.2) is 28.7 Å². The van der Waals surface area contributed by atoms with Crippen LogP contribution in [0.1, 0.15) is 30.9 Å². The Kier molecular flexibility index (Phi) is 3.84. The van der Waals surface area contributed by atoms with Crippen molar-refractivity contribution in [3.8, 4) is 0 Å². The van der Waals surface area contributed by atoms with Gasteiger partial charge in [0, 0.05) is 24.0 Å². The molecule has 1 fully saturated rings. The highest BCUT2D eigenvalue weighted by Crippen LogP contribution is 2.29.